The number of hydrogen-bond donors (Lipinski definition) is 1. The Bertz CT molecular complexity index is 460. The van der Waals surface area contributed by atoms with Crippen LogP contribution in [0.15, 0.2) is 24.3 Å². The normalized spacial score (nSPS) is 15.0. The Morgan fingerprint density at radius 2 is 1.80 bits per heavy atom. The summed E-state index contributed by atoms with van der Waals surface area (Å²) in [5, 5.41) is 8.66. The summed E-state index contributed by atoms with van der Waals surface area (Å²) in [4.78, 5) is 22.1. The van der Waals surface area contributed by atoms with E-state index in [4.69, 9.17) is 14.6 Å². The van der Waals surface area contributed by atoms with Gasteiger partial charge in [-0.2, -0.15) is 0 Å². The topological polar surface area (TPSA) is 72.8 Å². The first-order valence-electron chi connectivity index (χ1n) is 6.76. The maximum atomic E-state index is 11.6. The van der Waals surface area contributed by atoms with Gasteiger partial charge in [0.2, 0.25) is 0 Å². The molecule has 20 heavy (non-hydrogen) atoms. The molecule has 0 heterocycles. The van der Waals surface area contributed by atoms with Crippen LogP contribution in [0, 0.1) is 0 Å². The highest BCUT2D eigenvalue weighted by Gasteiger charge is 2.19. The number of carboxylic acid groups (broad SMARTS) is 1. The Labute approximate surface area is 117 Å². The lowest BCUT2D eigenvalue weighted by molar-refractivity contribution is -0.151. The molecule has 2 rings (SSSR count). The van der Waals surface area contributed by atoms with Gasteiger partial charge in [-0.25, -0.2) is 4.79 Å². The van der Waals surface area contributed by atoms with E-state index in [1.54, 1.807) is 24.3 Å². The summed E-state index contributed by atoms with van der Waals surface area (Å²) in [5.74, 6) is -0.701. The molecule has 1 aliphatic carbocycles. The quantitative estimate of drug-likeness (QED) is 0.807. The molecule has 0 spiro atoms. The molecule has 5 heteroatoms. The highest BCUT2D eigenvalue weighted by Crippen LogP contribution is 2.21. The van der Waals surface area contributed by atoms with Crippen LogP contribution in [0.3, 0.4) is 0 Å². The Hall–Kier alpha value is -2.04. The van der Waals surface area contributed by atoms with Crippen LogP contribution in [0.4, 0.5) is 0 Å². The second-order valence-corrected chi connectivity index (χ2v) is 4.90. The molecule has 1 aliphatic rings. The van der Waals surface area contributed by atoms with E-state index in [-0.39, 0.29) is 25.1 Å². The molecule has 108 valence electrons. The van der Waals surface area contributed by atoms with Gasteiger partial charge in [0.25, 0.3) is 0 Å². The van der Waals surface area contributed by atoms with E-state index < -0.39 is 5.97 Å². The molecule has 0 aromatic heterocycles. The van der Waals surface area contributed by atoms with Gasteiger partial charge in [0.05, 0.1) is 6.42 Å². The van der Waals surface area contributed by atoms with E-state index >= 15 is 0 Å². The minimum absolute atomic E-state index is 0.0238. The fraction of sp³-hybridized carbons (Fsp3) is 0.467. The minimum atomic E-state index is -0.876. The number of carbonyl (C=O) groups excluding carboxylic acids is 1. The van der Waals surface area contributed by atoms with Gasteiger partial charge in [-0.15, -0.1) is 0 Å². The van der Waals surface area contributed by atoms with Crippen molar-refractivity contribution in [1.29, 1.82) is 0 Å². The Morgan fingerprint density at radius 1 is 1.15 bits per heavy atom. The number of hydrogen-bond acceptors (Lipinski definition) is 4. The summed E-state index contributed by atoms with van der Waals surface area (Å²) in [7, 11) is 0. The van der Waals surface area contributed by atoms with Gasteiger partial charge in [0.15, 0.2) is 6.61 Å². The van der Waals surface area contributed by atoms with Gasteiger partial charge in [0.1, 0.15) is 11.9 Å². The maximum Gasteiger partial charge on any atom is 0.344 e. The van der Waals surface area contributed by atoms with Crippen molar-refractivity contribution in [3.8, 4) is 5.75 Å². The zero-order valence-electron chi connectivity index (χ0n) is 11.2. The summed E-state index contributed by atoms with van der Waals surface area (Å²) < 4.78 is 10.6. The standard InChI is InChI=1S/C15H18O5/c16-14(17)9-11-5-7-12(8-6-11)19-10-15(18)20-13-3-1-2-4-13/h5-8,13H,1-4,9-10H2,(H,16,17). The molecular weight excluding hydrogens is 260 g/mol. The van der Waals surface area contributed by atoms with Gasteiger partial charge in [-0.05, 0) is 43.4 Å². The Morgan fingerprint density at radius 3 is 2.40 bits per heavy atom. The van der Waals surface area contributed by atoms with Gasteiger partial charge < -0.3 is 14.6 Å². The number of aliphatic carboxylic acids is 1. The number of benzene rings is 1. The van der Waals surface area contributed by atoms with E-state index in [1.165, 1.54) is 0 Å². The zero-order chi connectivity index (χ0) is 14.4. The van der Waals surface area contributed by atoms with Crippen molar-refractivity contribution in [2.24, 2.45) is 0 Å². The third-order valence-electron chi connectivity index (χ3n) is 3.24. The predicted octanol–water partition coefficient (Wildman–Crippen LogP) is 2.18. The first-order valence-corrected chi connectivity index (χ1v) is 6.76. The molecule has 0 saturated heterocycles. The van der Waals surface area contributed by atoms with Crippen LogP contribution in [0.5, 0.6) is 5.75 Å². The highest BCUT2D eigenvalue weighted by molar-refractivity contribution is 5.71. The smallest absolute Gasteiger partial charge is 0.344 e. The molecule has 0 atom stereocenters. The van der Waals surface area contributed by atoms with Crippen molar-refractivity contribution in [3.05, 3.63) is 29.8 Å². The van der Waals surface area contributed by atoms with Crippen molar-refractivity contribution < 1.29 is 24.2 Å². The van der Waals surface area contributed by atoms with Gasteiger partial charge in [-0.1, -0.05) is 12.1 Å². The first-order chi connectivity index (χ1) is 9.63. The molecule has 1 N–H and O–H groups in total. The SMILES string of the molecule is O=C(O)Cc1ccc(OCC(=O)OC2CCCC2)cc1. The summed E-state index contributed by atoms with van der Waals surface area (Å²) in [6, 6.07) is 6.65. The molecule has 0 radical (unpaired) electrons. The lowest BCUT2D eigenvalue weighted by atomic mass is 10.1. The summed E-state index contributed by atoms with van der Waals surface area (Å²) in [5.41, 5.74) is 0.693. The first kappa shape index (κ1) is 14.4. The summed E-state index contributed by atoms with van der Waals surface area (Å²) >= 11 is 0. The van der Waals surface area contributed by atoms with Crippen LogP contribution < -0.4 is 4.74 Å². The van der Waals surface area contributed by atoms with Crippen molar-refractivity contribution in [1.82, 2.24) is 0 Å². The fourth-order valence-electron chi connectivity index (χ4n) is 2.25. The van der Waals surface area contributed by atoms with E-state index in [2.05, 4.69) is 0 Å². The number of esters is 1. The Balaban J connectivity index is 1.75. The van der Waals surface area contributed by atoms with E-state index in [1.807, 2.05) is 0 Å². The third-order valence-corrected chi connectivity index (χ3v) is 3.24. The van der Waals surface area contributed by atoms with Crippen molar-refractivity contribution >= 4 is 11.9 Å². The van der Waals surface area contributed by atoms with Crippen molar-refractivity contribution in [2.45, 2.75) is 38.2 Å². The Kier molecular flexibility index (Phi) is 4.98. The van der Waals surface area contributed by atoms with Crippen LogP contribution in [0.2, 0.25) is 0 Å². The molecule has 5 nitrogen and oxygen atoms in total. The molecular formula is C15H18O5. The van der Waals surface area contributed by atoms with E-state index in [0.29, 0.717) is 11.3 Å². The number of rotatable bonds is 6. The number of carboxylic acids is 1. The van der Waals surface area contributed by atoms with Gasteiger partial charge >= 0.3 is 11.9 Å². The molecule has 1 aromatic rings. The maximum absolute atomic E-state index is 11.6. The molecule has 0 amide bonds. The van der Waals surface area contributed by atoms with Crippen molar-refractivity contribution in [2.75, 3.05) is 6.61 Å². The average molecular weight is 278 g/mol. The lowest BCUT2D eigenvalue weighted by Gasteiger charge is -2.12. The van der Waals surface area contributed by atoms with E-state index in [0.717, 1.165) is 25.7 Å². The van der Waals surface area contributed by atoms with Crippen LogP contribution in [0.25, 0.3) is 0 Å². The summed E-state index contributed by atoms with van der Waals surface area (Å²) in [6.45, 7) is -0.116. The molecule has 0 bridgehead atoms. The number of ether oxygens (including phenoxy) is 2. The molecule has 1 fully saturated rings. The van der Waals surface area contributed by atoms with Gasteiger partial charge in [-0.3, -0.25) is 4.79 Å². The van der Waals surface area contributed by atoms with Crippen LogP contribution in [0.1, 0.15) is 31.2 Å². The number of carbonyl (C=O) groups is 2. The average Bonchev–Trinajstić information content (AvgIpc) is 2.90. The second-order valence-electron chi connectivity index (χ2n) is 4.90. The lowest BCUT2D eigenvalue weighted by Crippen LogP contribution is -2.20. The van der Waals surface area contributed by atoms with Crippen LogP contribution >= 0.6 is 0 Å². The second kappa shape index (κ2) is 6.93. The zero-order valence-corrected chi connectivity index (χ0v) is 11.2. The van der Waals surface area contributed by atoms with Crippen LogP contribution in [-0.4, -0.2) is 29.8 Å². The fourth-order valence-corrected chi connectivity index (χ4v) is 2.25. The van der Waals surface area contributed by atoms with Gasteiger partial charge in [0, 0.05) is 0 Å². The highest BCUT2D eigenvalue weighted by atomic mass is 16.6. The summed E-state index contributed by atoms with van der Waals surface area (Å²) in [6.07, 6.45) is 4.13. The predicted molar refractivity (Wildman–Crippen MR) is 71.6 cm³/mol. The third kappa shape index (κ3) is 4.57. The minimum Gasteiger partial charge on any atom is -0.482 e. The molecule has 1 saturated carbocycles. The molecule has 1 aromatic carbocycles. The largest absolute Gasteiger partial charge is 0.482 e. The molecule has 0 unspecified atom stereocenters. The van der Waals surface area contributed by atoms with Crippen LogP contribution in [-0.2, 0) is 20.7 Å². The van der Waals surface area contributed by atoms with E-state index in [9.17, 15) is 9.59 Å². The molecule has 0 aliphatic heterocycles. The van der Waals surface area contributed by atoms with Crippen molar-refractivity contribution in [3.63, 3.8) is 0 Å². The monoisotopic (exact) mass is 278 g/mol.